The molecule has 138 valence electrons. The van der Waals surface area contributed by atoms with Crippen LogP contribution in [0.2, 0.25) is 0 Å². The molecule has 0 aromatic heterocycles. The number of carbonyl (C=O) groups excluding carboxylic acids is 1. The number of nitrogens with one attached hydrogen (secondary N) is 2. The maximum Gasteiger partial charge on any atom is 0.277 e. The fourth-order valence-electron chi connectivity index (χ4n) is 2.62. The molecular weight excluding hydrogens is 360 g/mol. The molecule has 0 saturated carbocycles. The predicted molar refractivity (Wildman–Crippen MR) is 99.0 cm³/mol. The number of amides is 1. The number of nitro benzene ring substituents is 2. The Bertz CT molecular complexity index is 746. The largest absolute Gasteiger partial charge is 0.362 e. The van der Waals surface area contributed by atoms with Crippen molar-refractivity contribution in [2.45, 2.75) is 32.1 Å². The third-order valence-electron chi connectivity index (χ3n) is 3.93. The van der Waals surface area contributed by atoms with Crippen LogP contribution in [0, 0.1) is 20.2 Å². The van der Waals surface area contributed by atoms with Crippen molar-refractivity contribution in [1.29, 1.82) is 0 Å². The van der Waals surface area contributed by atoms with Gasteiger partial charge >= 0.3 is 0 Å². The molecule has 2 N–H and O–H groups in total. The summed E-state index contributed by atoms with van der Waals surface area (Å²) in [7, 11) is 0. The van der Waals surface area contributed by atoms with Gasteiger partial charge in [-0.1, -0.05) is 11.6 Å². The van der Waals surface area contributed by atoms with Crippen LogP contribution in [0.15, 0.2) is 29.8 Å². The fourth-order valence-corrected chi connectivity index (χ4v) is 2.82. The van der Waals surface area contributed by atoms with Gasteiger partial charge in [0.25, 0.3) is 17.3 Å². The Morgan fingerprint density at radius 2 is 1.77 bits per heavy atom. The van der Waals surface area contributed by atoms with Gasteiger partial charge in [0.05, 0.1) is 21.5 Å². The number of nitrogens with zero attached hydrogens (tertiary/aromatic N) is 2. The van der Waals surface area contributed by atoms with Gasteiger partial charge in [0.2, 0.25) is 0 Å². The summed E-state index contributed by atoms with van der Waals surface area (Å²) < 4.78 is 0. The van der Waals surface area contributed by atoms with Crippen molar-refractivity contribution < 1.29 is 14.6 Å². The van der Waals surface area contributed by atoms with E-state index >= 15 is 0 Å². The molecule has 1 amide bonds. The number of hydrogen-bond acceptors (Lipinski definition) is 6. The predicted octanol–water partition coefficient (Wildman–Crippen LogP) is 3.00. The molecule has 1 aromatic rings. The zero-order valence-electron chi connectivity index (χ0n) is 13.9. The Labute approximate surface area is 154 Å². The van der Waals surface area contributed by atoms with E-state index < -0.39 is 27.1 Å². The maximum absolute atomic E-state index is 12.2. The number of benzene rings is 1. The summed E-state index contributed by atoms with van der Waals surface area (Å²) in [4.78, 5) is 32.3. The van der Waals surface area contributed by atoms with Gasteiger partial charge in [-0.15, -0.1) is 0 Å². The number of rotatable bonds is 6. The van der Waals surface area contributed by atoms with Crippen LogP contribution in [0.1, 0.15) is 42.5 Å². The van der Waals surface area contributed by atoms with Crippen LogP contribution in [0.3, 0.4) is 0 Å². The molecule has 0 atom stereocenters. The molecule has 0 unspecified atom stereocenters. The number of hydrogen-bond donors (Lipinski definition) is 2. The second kappa shape index (κ2) is 8.99. The highest BCUT2D eigenvalue weighted by atomic mass is 32.1. The molecule has 0 fully saturated rings. The van der Waals surface area contributed by atoms with Gasteiger partial charge in [-0.2, -0.15) is 0 Å². The SMILES string of the molecule is O=C(NC(=S)NCCC1=CCCCC1)c1cc([N+](=O)[O-])cc([N+](=O)[O-])c1. The van der Waals surface area contributed by atoms with Crippen LogP contribution < -0.4 is 10.6 Å². The second-order valence-corrected chi connectivity index (χ2v) is 6.23. The highest BCUT2D eigenvalue weighted by Crippen LogP contribution is 2.22. The average molecular weight is 378 g/mol. The van der Waals surface area contributed by atoms with E-state index in [2.05, 4.69) is 16.7 Å². The molecule has 1 aliphatic rings. The first kappa shape index (κ1) is 19.4. The Hall–Kier alpha value is -2.88. The van der Waals surface area contributed by atoms with E-state index in [0.717, 1.165) is 37.5 Å². The van der Waals surface area contributed by atoms with Crippen LogP contribution in [0.4, 0.5) is 11.4 Å². The van der Waals surface area contributed by atoms with E-state index in [9.17, 15) is 25.0 Å². The van der Waals surface area contributed by atoms with E-state index in [1.165, 1.54) is 18.4 Å². The van der Waals surface area contributed by atoms with Crippen molar-refractivity contribution in [1.82, 2.24) is 10.6 Å². The van der Waals surface area contributed by atoms with Crippen LogP contribution >= 0.6 is 12.2 Å². The lowest BCUT2D eigenvalue weighted by molar-refractivity contribution is -0.394. The Balaban J connectivity index is 1.95. The molecule has 0 radical (unpaired) electrons. The Morgan fingerprint density at radius 1 is 1.12 bits per heavy atom. The van der Waals surface area contributed by atoms with E-state index in [1.54, 1.807) is 0 Å². The third kappa shape index (κ3) is 5.59. The molecule has 0 aliphatic heterocycles. The summed E-state index contributed by atoms with van der Waals surface area (Å²) in [6, 6.07) is 2.74. The van der Waals surface area contributed by atoms with Crippen LogP contribution in [-0.2, 0) is 0 Å². The van der Waals surface area contributed by atoms with Gasteiger partial charge in [-0.05, 0) is 44.3 Å². The van der Waals surface area contributed by atoms with Gasteiger partial charge in [0, 0.05) is 18.7 Å². The number of thiocarbonyl (C=S) groups is 1. The lowest BCUT2D eigenvalue weighted by atomic mass is 9.97. The first-order valence-corrected chi connectivity index (χ1v) is 8.48. The van der Waals surface area contributed by atoms with Crippen molar-refractivity contribution in [2.24, 2.45) is 0 Å². The Kier molecular flexibility index (Phi) is 6.73. The quantitative estimate of drug-likeness (QED) is 0.337. The third-order valence-corrected chi connectivity index (χ3v) is 4.18. The molecule has 26 heavy (non-hydrogen) atoms. The minimum absolute atomic E-state index is 0.0700. The zero-order chi connectivity index (χ0) is 19.1. The van der Waals surface area contributed by atoms with Crippen molar-refractivity contribution in [3.8, 4) is 0 Å². The summed E-state index contributed by atoms with van der Waals surface area (Å²) in [6.07, 6.45) is 7.58. The van der Waals surface area contributed by atoms with Gasteiger partial charge in [-0.25, -0.2) is 0 Å². The normalized spacial score (nSPS) is 13.5. The number of nitro groups is 2. The fraction of sp³-hybridized carbons (Fsp3) is 0.375. The molecule has 0 bridgehead atoms. The lowest BCUT2D eigenvalue weighted by Gasteiger charge is -2.14. The van der Waals surface area contributed by atoms with E-state index in [4.69, 9.17) is 12.2 Å². The molecule has 0 saturated heterocycles. The summed E-state index contributed by atoms with van der Waals surface area (Å²) in [5.41, 5.74) is 0.0807. The topological polar surface area (TPSA) is 127 Å². The first-order chi connectivity index (χ1) is 12.4. The summed E-state index contributed by atoms with van der Waals surface area (Å²) in [6.45, 7) is 0.556. The first-order valence-electron chi connectivity index (χ1n) is 8.08. The molecule has 1 aliphatic carbocycles. The number of carbonyl (C=O) groups is 1. The van der Waals surface area contributed by atoms with E-state index in [-0.39, 0.29) is 10.7 Å². The highest BCUT2D eigenvalue weighted by Gasteiger charge is 2.20. The monoisotopic (exact) mass is 378 g/mol. The zero-order valence-corrected chi connectivity index (χ0v) is 14.7. The standard InChI is InChI=1S/C16H18N4O5S/c21-15(12-8-13(19(22)23)10-14(9-12)20(24)25)18-16(26)17-7-6-11-4-2-1-3-5-11/h4,8-10H,1-3,5-7H2,(H2,17,18,21,26). The molecule has 2 rings (SSSR count). The molecule has 9 nitrogen and oxygen atoms in total. The van der Waals surface area contributed by atoms with Crippen molar-refractivity contribution in [3.05, 3.63) is 55.6 Å². The molecular formula is C16H18N4O5S. The number of allylic oxidation sites excluding steroid dienone is 1. The highest BCUT2D eigenvalue weighted by molar-refractivity contribution is 7.80. The van der Waals surface area contributed by atoms with Crippen molar-refractivity contribution >= 4 is 34.6 Å². The summed E-state index contributed by atoms with van der Waals surface area (Å²) >= 11 is 5.04. The molecule has 1 aromatic carbocycles. The van der Waals surface area contributed by atoms with Crippen molar-refractivity contribution in [2.75, 3.05) is 6.54 Å². The lowest BCUT2D eigenvalue weighted by Crippen LogP contribution is -2.39. The average Bonchev–Trinajstić information content (AvgIpc) is 2.62. The van der Waals surface area contributed by atoms with Crippen LogP contribution in [0.25, 0.3) is 0 Å². The molecule has 10 heteroatoms. The van der Waals surface area contributed by atoms with E-state index in [1.807, 2.05) is 0 Å². The van der Waals surface area contributed by atoms with Crippen LogP contribution in [0.5, 0.6) is 0 Å². The van der Waals surface area contributed by atoms with Gasteiger partial charge in [0.1, 0.15) is 0 Å². The van der Waals surface area contributed by atoms with Crippen molar-refractivity contribution in [3.63, 3.8) is 0 Å². The maximum atomic E-state index is 12.2. The second-order valence-electron chi connectivity index (χ2n) is 5.82. The van der Waals surface area contributed by atoms with Gasteiger partial charge < -0.3 is 5.32 Å². The van der Waals surface area contributed by atoms with E-state index in [0.29, 0.717) is 6.54 Å². The summed E-state index contributed by atoms with van der Waals surface area (Å²) in [5.74, 6) is -0.744. The smallest absolute Gasteiger partial charge is 0.277 e. The van der Waals surface area contributed by atoms with Gasteiger partial charge in [-0.3, -0.25) is 30.3 Å². The molecule has 0 heterocycles. The minimum atomic E-state index is -0.793. The minimum Gasteiger partial charge on any atom is -0.362 e. The Morgan fingerprint density at radius 3 is 2.31 bits per heavy atom. The molecule has 0 spiro atoms. The van der Waals surface area contributed by atoms with Crippen LogP contribution in [-0.4, -0.2) is 27.4 Å². The number of non-ortho nitro benzene ring substituents is 2. The summed E-state index contributed by atoms with van der Waals surface area (Å²) in [5, 5.41) is 27.1. The van der Waals surface area contributed by atoms with Gasteiger partial charge in [0.15, 0.2) is 5.11 Å².